The van der Waals surface area contributed by atoms with E-state index in [4.69, 9.17) is 21.9 Å². The van der Waals surface area contributed by atoms with Crippen LogP contribution in [0.25, 0.3) is 11.3 Å². The van der Waals surface area contributed by atoms with Crippen LogP contribution in [0.4, 0.5) is 20.5 Å². The van der Waals surface area contributed by atoms with Crippen molar-refractivity contribution in [3.8, 4) is 23.6 Å². The van der Waals surface area contributed by atoms with Crippen LogP contribution in [0.1, 0.15) is 29.5 Å². The molecule has 34 heavy (non-hydrogen) atoms. The van der Waals surface area contributed by atoms with Gasteiger partial charge in [-0.3, -0.25) is 5.32 Å². The van der Waals surface area contributed by atoms with E-state index < -0.39 is 18.2 Å². The van der Waals surface area contributed by atoms with Crippen LogP contribution in [0.2, 0.25) is 0 Å². The van der Waals surface area contributed by atoms with Gasteiger partial charge in [0.15, 0.2) is 5.01 Å². The number of carbonyl (C=O) groups excluding carboxylic acids is 2. The molecule has 2 aromatic heterocycles. The molecule has 10 nitrogen and oxygen atoms in total. The maximum atomic E-state index is 12.5. The van der Waals surface area contributed by atoms with E-state index in [0.29, 0.717) is 5.01 Å². The van der Waals surface area contributed by atoms with Crippen LogP contribution in [0, 0.1) is 12.3 Å². The predicted molar refractivity (Wildman–Crippen MR) is 129 cm³/mol. The minimum Gasteiger partial charge on any atom is -0.447 e. The van der Waals surface area contributed by atoms with Crippen LogP contribution in [-0.4, -0.2) is 47.0 Å². The molecule has 0 radical (unpaired) electrons. The Kier molecular flexibility index (Phi) is 7.19. The van der Waals surface area contributed by atoms with E-state index >= 15 is 0 Å². The molecule has 1 aliphatic rings. The van der Waals surface area contributed by atoms with E-state index in [9.17, 15) is 9.59 Å². The number of hydrogen-bond acceptors (Lipinski definition) is 8. The summed E-state index contributed by atoms with van der Waals surface area (Å²) in [6, 6.07) is 12.3. The molecule has 3 amide bonds. The van der Waals surface area contributed by atoms with Gasteiger partial charge in [-0.1, -0.05) is 41.7 Å². The number of amides is 3. The summed E-state index contributed by atoms with van der Waals surface area (Å²) in [5, 5.41) is 13.5. The van der Waals surface area contributed by atoms with Gasteiger partial charge in [0.2, 0.25) is 5.13 Å². The van der Waals surface area contributed by atoms with Crippen molar-refractivity contribution in [1.29, 1.82) is 0 Å². The number of nitrogens with two attached hydrogens (primary N) is 1. The summed E-state index contributed by atoms with van der Waals surface area (Å²) in [5.41, 5.74) is 7.62. The molecule has 3 heterocycles. The largest absolute Gasteiger partial charge is 0.447 e. The lowest BCUT2D eigenvalue weighted by molar-refractivity contribution is 0.144. The molecule has 11 heteroatoms. The summed E-state index contributed by atoms with van der Waals surface area (Å²) in [6.45, 7) is 1.90. The molecule has 1 aliphatic heterocycles. The third-order valence-corrected chi connectivity index (χ3v) is 6.01. The molecule has 0 unspecified atom stereocenters. The third kappa shape index (κ3) is 5.79. The Labute approximate surface area is 200 Å². The van der Waals surface area contributed by atoms with E-state index in [2.05, 4.69) is 31.7 Å². The Bertz CT molecular complexity index is 1200. The van der Waals surface area contributed by atoms with Gasteiger partial charge < -0.3 is 20.7 Å². The Morgan fingerprint density at radius 2 is 1.94 bits per heavy atom. The number of anilines is 2. The fourth-order valence-electron chi connectivity index (χ4n) is 3.60. The minimum atomic E-state index is -0.936. The van der Waals surface area contributed by atoms with Crippen molar-refractivity contribution in [2.45, 2.75) is 18.9 Å². The summed E-state index contributed by atoms with van der Waals surface area (Å²) >= 11 is 1.07. The zero-order valence-corrected chi connectivity index (χ0v) is 19.0. The summed E-state index contributed by atoms with van der Waals surface area (Å²) < 4.78 is 4.95. The van der Waals surface area contributed by atoms with Gasteiger partial charge in [-0.15, -0.1) is 16.6 Å². The van der Waals surface area contributed by atoms with Crippen LogP contribution in [0.5, 0.6) is 0 Å². The van der Waals surface area contributed by atoms with Gasteiger partial charge in [-0.05, 0) is 36.5 Å². The maximum Gasteiger partial charge on any atom is 0.404 e. The van der Waals surface area contributed by atoms with E-state index in [-0.39, 0.29) is 11.7 Å². The fraction of sp³-hybridized carbons (Fsp3) is 0.261. The van der Waals surface area contributed by atoms with Gasteiger partial charge in [-0.2, -0.15) is 0 Å². The molecular weight excluding hydrogens is 454 g/mol. The average molecular weight is 478 g/mol. The fourth-order valence-corrected chi connectivity index (χ4v) is 4.15. The number of carbonyl (C=O) groups is 2. The van der Waals surface area contributed by atoms with Crippen molar-refractivity contribution >= 4 is 34.4 Å². The van der Waals surface area contributed by atoms with Crippen molar-refractivity contribution in [2.24, 2.45) is 5.73 Å². The van der Waals surface area contributed by atoms with Crippen molar-refractivity contribution in [3.63, 3.8) is 0 Å². The first-order chi connectivity index (χ1) is 16.5. The molecule has 174 valence electrons. The first-order valence-electron chi connectivity index (χ1n) is 10.6. The molecule has 1 fully saturated rings. The first kappa shape index (κ1) is 23.0. The topological polar surface area (TPSA) is 135 Å². The Morgan fingerprint density at radius 1 is 1.18 bits per heavy atom. The molecule has 0 saturated carbocycles. The SMILES string of the molecule is C#Cc1nnc(NC(=O)N[C@@H](COC(N)=O)c2ccc(-c3cccc(N4CCCC4)n3)cc2)s1. The molecule has 0 bridgehead atoms. The van der Waals surface area contributed by atoms with E-state index in [1.807, 2.05) is 42.5 Å². The minimum absolute atomic E-state index is 0.142. The van der Waals surface area contributed by atoms with Crippen LogP contribution in [0.3, 0.4) is 0 Å². The summed E-state index contributed by atoms with van der Waals surface area (Å²) in [7, 11) is 0. The lowest BCUT2D eigenvalue weighted by Gasteiger charge is -2.19. The standard InChI is InChI=1S/C23H23N7O3S/c1-2-20-28-29-23(34-20)27-22(32)26-18(14-33-21(24)31)16-10-8-15(9-11-16)17-6-5-7-19(25-17)30-12-3-4-13-30/h1,5-11,18H,3-4,12-14H2,(H2,24,31)(H2,26,27,29,32)/t18-/m0/s1. The van der Waals surface area contributed by atoms with Crippen molar-refractivity contribution < 1.29 is 14.3 Å². The number of hydrogen-bond donors (Lipinski definition) is 3. The number of aromatic nitrogens is 3. The highest BCUT2D eigenvalue weighted by Gasteiger charge is 2.19. The highest BCUT2D eigenvalue weighted by molar-refractivity contribution is 7.15. The highest BCUT2D eigenvalue weighted by Crippen LogP contribution is 2.25. The lowest BCUT2D eigenvalue weighted by Crippen LogP contribution is -2.36. The molecule has 3 aromatic rings. The van der Waals surface area contributed by atoms with E-state index in [0.717, 1.165) is 47.1 Å². The van der Waals surface area contributed by atoms with Crippen LogP contribution >= 0.6 is 11.3 Å². The average Bonchev–Trinajstić information content (AvgIpc) is 3.54. The predicted octanol–water partition coefficient (Wildman–Crippen LogP) is 3.14. The number of ether oxygens (including phenoxy) is 1. The van der Waals surface area contributed by atoms with Crippen LogP contribution < -0.4 is 21.3 Å². The Balaban J connectivity index is 1.48. The zero-order chi connectivity index (χ0) is 23.9. The van der Waals surface area contributed by atoms with Crippen LogP contribution in [-0.2, 0) is 4.74 Å². The first-order valence-corrected chi connectivity index (χ1v) is 11.5. The maximum absolute atomic E-state index is 12.5. The number of pyridine rings is 1. The number of terminal acetylenes is 1. The summed E-state index contributed by atoms with van der Waals surface area (Å²) in [6.07, 6.45) is 6.70. The molecular formula is C23H23N7O3S. The number of primary amides is 1. The summed E-state index contributed by atoms with van der Waals surface area (Å²) in [5.74, 6) is 3.32. The lowest BCUT2D eigenvalue weighted by atomic mass is 10.0. The molecule has 1 atom stereocenters. The second kappa shape index (κ2) is 10.6. The van der Waals surface area contributed by atoms with Gasteiger partial charge in [0.05, 0.1) is 11.7 Å². The molecule has 1 aromatic carbocycles. The number of urea groups is 1. The van der Waals surface area contributed by atoms with E-state index in [1.165, 1.54) is 12.8 Å². The normalized spacial score (nSPS) is 13.7. The van der Waals surface area contributed by atoms with Crippen molar-refractivity contribution in [3.05, 3.63) is 53.0 Å². The monoisotopic (exact) mass is 477 g/mol. The van der Waals surface area contributed by atoms with Gasteiger partial charge in [0.1, 0.15) is 12.4 Å². The van der Waals surface area contributed by atoms with Gasteiger partial charge in [-0.25, -0.2) is 14.6 Å². The number of rotatable bonds is 7. The third-order valence-electron chi connectivity index (χ3n) is 5.24. The molecule has 0 aliphatic carbocycles. The van der Waals surface area contributed by atoms with Crippen molar-refractivity contribution in [2.75, 3.05) is 29.9 Å². The molecule has 4 rings (SSSR count). The van der Waals surface area contributed by atoms with Gasteiger partial charge in [0.25, 0.3) is 0 Å². The van der Waals surface area contributed by atoms with Crippen molar-refractivity contribution in [1.82, 2.24) is 20.5 Å². The van der Waals surface area contributed by atoms with Gasteiger partial charge >= 0.3 is 12.1 Å². The zero-order valence-electron chi connectivity index (χ0n) is 18.2. The highest BCUT2D eigenvalue weighted by atomic mass is 32.1. The Morgan fingerprint density at radius 3 is 2.62 bits per heavy atom. The Hall–Kier alpha value is -4.17. The van der Waals surface area contributed by atoms with Gasteiger partial charge in [0, 0.05) is 18.7 Å². The number of nitrogens with zero attached hydrogens (tertiary/aromatic N) is 4. The molecule has 0 spiro atoms. The second-order valence-electron chi connectivity index (χ2n) is 7.53. The molecule has 4 N–H and O–H groups in total. The smallest absolute Gasteiger partial charge is 0.404 e. The van der Waals surface area contributed by atoms with E-state index in [1.54, 1.807) is 0 Å². The molecule has 1 saturated heterocycles. The quantitative estimate of drug-likeness (QED) is 0.445. The summed E-state index contributed by atoms with van der Waals surface area (Å²) in [4.78, 5) is 30.7. The second-order valence-corrected chi connectivity index (χ2v) is 8.51. The van der Waals surface area contributed by atoms with Crippen LogP contribution in [0.15, 0.2) is 42.5 Å². The number of nitrogens with one attached hydrogen (secondary N) is 2. The number of benzene rings is 1.